The first-order valence-electron chi connectivity index (χ1n) is 18.5. The number of amides is 3. The summed E-state index contributed by atoms with van der Waals surface area (Å²) in [5.41, 5.74) is 1.59. The summed E-state index contributed by atoms with van der Waals surface area (Å²) in [6.07, 6.45) is 3.01. The Kier molecular flexibility index (Phi) is 10.3. The maximum Gasteiger partial charge on any atom is 0.264 e. The third kappa shape index (κ3) is 6.44. The molecule has 0 unspecified atom stereocenters. The van der Waals surface area contributed by atoms with Crippen LogP contribution in [0.2, 0.25) is 23.7 Å². The number of aliphatic hydroxyl groups is 1. The van der Waals surface area contributed by atoms with E-state index in [0.717, 1.165) is 54.8 Å². The van der Waals surface area contributed by atoms with Crippen LogP contribution < -0.4 is 25.5 Å². The van der Waals surface area contributed by atoms with Crippen LogP contribution in [-0.2, 0) is 31.3 Å². The van der Waals surface area contributed by atoms with Crippen LogP contribution in [0.15, 0.2) is 66.7 Å². The molecule has 10 nitrogen and oxygen atoms in total. The van der Waals surface area contributed by atoms with Gasteiger partial charge < -0.3 is 35.0 Å². The molecule has 0 radical (unpaired) electrons. The second kappa shape index (κ2) is 14.6. The maximum absolute atomic E-state index is 15.1. The molecular formula is C40H49ClN4O6Si. The van der Waals surface area contributed by atoms with Gasteiger partial charge in [0.05, 0.1) is 58.6 Å². The smallest absolute Gasteiger partial charge is 0.264 e. The molecule has 12 heteroatoms. The average molecular weight is 745 g/mol. The quantitative estimate of drug-likeness (QED) is 0.245. The summed E-state index contributed by atoms with van der Waals surface area (Å²) in [6.45, 7) is 8.36. The van der Waals surface area contributed by atoms with Gasteiger partial charge in [0, 0.05) is 28.7 Å². The number of benzene rings is 3. The van der Waals surface area contributed by atoms with Crippen molar-refractivity contribution in [1.82, 2.24) is 10.2 Å². The summed E-state index contributed by atoms with van der Waals surface area (Å²) in [7, 11) is -0.819. The van der Waals surface area contributed by atoms with Gasteiger partial charge in [0.2, 0.25) is 11.8 Å². The molecule has 0 aliphatic carbocycles. The number of likely N-dealkylation sites (tertiary alicyclic amines) is 1. The molecule has 0 saturated carbocycles. The minimum absolute atomic E-state index is 0.0413. The van der Waals surface area contributed by atoms with Gasteiger partial charge in [-0.3, -0.25) is 14.4 Å². The van der Waals surface area contributed by atoms with Crippen molar-refractivity contribution in [2.75, 3.05) is 37.0 Å². The molecule has 4 aliphatic heterocycles. The van der Waals surface area contributed by atoms with Crippen LogP contribution in [0, 0.1) is 5.92 Å². The molecule has 1 spiro atoms. The number of nitrogens with one attached hydrogen (secondary N) is 2. The summed E-state index contributed by atoms with van der Waals surface area (Å²) < 4.78 is 12.6. The van der Waals surface area contributed by atoms with Crippen molar-refractivity contribution in [1.29, 1.82) is 0 Å². The first-order valence-corrected chi connectivity index (χ1v) is 21.9. The van der Waals surface area contributed by atoms with E-state index in [2.05, 4.69) is 42.8 Å². The van der Waals surface area contributed by atoms with Crippen molar-refractivity contribution in [2.24, 2.45) is 5.92 Å². The second-order valence-electron chi connectivity index (χ2n) is 15.3. The molecular weight excluding hydrogens is 696 g/mol. The topological polar surface area (TPSA) is 120 Å². The lowest BCUT2D eigenvalue weighted by Gasteiger charge is -2.37. The fourth-order valence-electron chi connectivity index (χ4n) is 9.30. The van der Waals surface area contributed by atoms with Crippen molar-refractivity contribution in [3.8, 4) is 5.75 Å². The van der Waals surface area contributed by atoms with E-state index in [1.54, 1.807) is 23.0 Å². The number of anilines is 2. The molecule has 3 aromatic rings. The van der Waals surface area contributed by atoms with E-state index < -0.39 is 19.8 Å². The number of hydrogen-bond donors (Lipinski definition) is 3. The number of ether oxygens (including phenoxy) is 2. The molecule has 4 heterocycles. The van der Waals surface area contributed by atoms with Crippen molar-refractivity contribution in [2.45, 2.75) is 88.0 Å². The summed E-state index contributed by atoms with van der Waals surface area (Å²) in [5, 5.41) is 18.0. The van der Waals surface area contributed by atoms with E-state index in [1.807, 2.05) is 48.5 Å². The minimum atomic E-state index is -2.47. The predicted molar refractivity (Wildman–Crippen MR) is 205 cm³/mol. The summed E-state index contributed by atoms with van der Waals surface area (Å²) in [6, 6.07) is 20.9. The second-order valence-corrected chi connectivity index (χ2v) is 20.4. The molecule has 3 saturated heterocycles. The molecule has 0 bridgehead atoms. The van der Waals surface area contributed by atoms with Gasteiger partial charge in [0.25, 0.3) is 5.91 Å². The van der Waals surface area contributed by atoms with Gasteiger partial charge in [0.15, 0.2) is 5.60 Å². The van der Waals surface area contributed by atoms with Gasteiger partial charge in [-0.1, -0.05) is 61.1 Å². The third-order valence-corrected chi connectivity index (χ3v) is 16.6. The Bertz CT molecular complexity index is 1820. The van der Waals surface area contributed by atoms with E-state index in [4.69, 9.17) is 21.1 Å². The largest absolute Gasteiger partial charge is 0.497 e. The Morgan fingerprint density at radius 1 is 1.08 bits per heavy atom. The van der Waals surface area contributed by atoms with Crippen molar-refractivity contribution < 1.29 is 29.0 Å². The number of rotatable bonds is 10. The summed E-state index contributed by atoms with van der Waals surface area (Å²) >= 11 is 6.67. The minimum Gasteiger partial charge on any atom is -0.497 e. The van der Waals surface area contributed by atoms with Crippen LogP contribution in [0.3, 0.4) is 0 Å². The first kappa shape index (κ1) is 36.6. The molecule has 52 heavy (non-hydrogen) atoms. The molecule has 4 aliphatic rings. The summed E-state index contributed by atoms with van der Waals surface area (Å²) in [4.78, 5) is 45.4. The monoisotopic (exact) mass is 744 g/mol. The molecule has 3 fully saturated rings. The SMILES string of the molecule is COc1ccc([Si](C)(C)[C@@H]2[C@@H](CC(=O)N3CCC[C@H]3CO)O[C@]3(C(=O)N(Cc4ccc(NC(=O)[C@H]5CCCN5)cc4)c4ccc(Cl)cc43)[C@H]2C)cc1. The van der Waals surface area contributed by atoms with E-state index >= 15 is 4.79 Å². The predicted octanol–water partition coefficient (Wildman–Crippen LogP) is 5.18. The number of hydrogen-bond acceptors (Lipinski definition) is 7. The van der Waals surface area contributed by atoms with E-state index in [0.29, 0.717) is 23.8 Å². The van der Waals surface area contributed by atoms with Crippen LogP contribution in [0.25, 0.3) is 0 Å². The number of nitrogens with zero attached hydrogens (tertiary/aromatic N) is 2. The van der Waals surface area contributed by atoms with E-state index in [1.165, 1.54) is 5.19 Å². The molecule has 7 rings (SSSR count). The summed E-state index contributed by atoms with van der Waals surface area (Å²) in [5.74, 6) is 0.205. The highest BCUT2D eigenvalue weighted by molar-refractivity contribution is 6.91. The zero-order valence-corrected chi connectivity index (χ0v) is 32.1. The molecule has 3 N–H and O–H groups in total. The lowest BCUT2D eigenvalue weighted by atomic mass is 9.82. The Labute approximate surface area is 311 Å². The highest BCUT2D eigenvalue weighted by Crippen LogP contribution is 2.60. The number of methoxy groups -OCH3 is 1. The number of fused-ring (bicyclic) bond motifs is 2. The lowest BCUT2D eigenvalue weighted by molar-refractivity contribution is -0.150. The lowest BCUT2D eigenvalue weighted by Crippen LogP contribution is -2.52. The van der Waals surface area contributed by atoms with Gasteiger partial charge in [-0.2, -0.15) is 0 Å². The number of carbonyl (C=O) groups is 3. The van der Waals surface area contributed by atoms with Crippen molar-refractivity contribution in [3.05, 3.63) is 82.9 Å². The van der Waals surface area contributed by atoms with Crippen LogP contribution in [0.5, 0.6) is 5.75 Å². The van der Waals surface area contributed by atoms with E-state index in [-0.39, 0.29) is 54.3 Å². The zero-order chi connectivity index (χ0) is 36.8. The van der Waals surface area contributed by atoms with E-state index in [9.17, 15) is 14.7 Å². The van der Waals surface area contributed by atoms with Gasteiger partial charge in [-0.15, -0.1) is 0 Å². The highest BCUT2D eigenvalue weighted by atomic mass is 35.5. The Balaban J connectivity index is 1.22. The fourth-order valence-corrected chi connectivity index (χ4v) is 13.5. The van der Waals surface area contributed by atoms with Crippen LogP contribution in [0.1, 0.15) is 50.2 Å². The molecule has 3 amide bonds. The van der Waals surface area contributed by atoms with Crippen molar-refractivity contribution in [3.63, 3.8) is 0 Å². The Morgan fingerprint density at radius 2 is 1.83 bits per heavy atom. The standard InChI is InChI=1S/C40H49ClN4O6Si/c1-25-37(52(3,4)31-16-14-30(50-2)15-17-31)35(22-36(47)44-20-6-7-29(44)24-46)51-40(25)32-21-27(41)11-18-34(32)45(39(40)49)23-26-9-12-28(13-10-26)43-38(48)33-8-5-19-42-33/h9-18,21,25,29,33,35,37,42,46H,5-8,19-20,22-24H2,1-4H3,(H,43,48)/t25-,29-,33+,35+,37-,40+/m0/s1. The highest BCUT2D eigenvalue weighted by Gasteiger charge is 2.66. The van der Waals surface area contributed by atoms with Gasteiger partial charge in [-0.05, 0) is 85.8 Å². The normalized spacial score (nSPS) is 27.0. The van der Waals surface area contributed by atoms with Gasteiger partial charge in [-0.25, -0.2) is 0 Å². The number of halogens is 1. The van der Waals surface area contributed by atoms with Crippen LogP contribution in [-0.4, -0.2) is 80.8 Å². The molecule has 0 aromatic heterocycles. The molecule has 3 aromatic carbocycles. The molecule has 276 valence electrons. The van der Waals surface area contributed by atoms with Crippen LogP contribution >= 0.6 is 11.6 Å². The Morgan fingerprint density at radius 3 is 2.50 bits per heavy atom. The van der Waals surface area contributed by atoms with Crippen molar-refractivity contribution >= 4 is 54.0 Å². The van der Waals surface area contributed by atoms with Gasteiger partial charge >= 0.3 is 0 Å². The fraction of sp³-hybridized carbons (Fsp3) is 0.475. The van der Waals surface area contributed by atoms with Crippen LogP contribution in [0.4, 0.5) is 11.4 Å². The third-order valence-electron chi connectivity index (χ3n) is 12.0. The first-order chi connectivity index (χ1) is 25.0. The maximum atomic E-state index is 15.1. The van der Waals surface area contributed by atoms with Gasteiger partial charge in [0.1, 0.15) is 5.75 Å². The number of aliphatic hydroxyl groups excluding tert-OH is 1. The zero-order valence-electron chi connectivity index (χ0n) is 30.4. The molecule has 6 atom stereocenters. The number of carbonyl (C=O) groups excluding carboxylic acids is 3. The average Bonchev–Trinajstić information content (AvgIpc) is 3.94. The Hall–Kier alpha value is -3.74.